The van der Waals surface area contributed by atoms with Crippen LogP contribution in [0.2, 0.25) is 0 Å². The number of fused-ring (bicyclic) bond motifs is 1. The standard InChI is InChI=1S/C24H24O5/c1-5-12-27-22(25)15-28-18-10-11-19-20(14-18)29-21(23(19)26)13-16-6-8-17(9-7-16)24(2,3)4/h5-11,13-14H,1,12,15H2,2-4H3/b21-13-. The van der Waals surface area contributed by atoms with Gasteiger partial charge in [0.1, 0.15) is 18.1 Å². The Hall–Kier alpha value is -3.34. The zero-order valence-corrected chi connectivity index (χ0v) is 16.9. The van der Waals surface area contributed by atoms with Crippen LogP contribution >= 0.6 is 0 Å². The van der Waals surface area contributed by atoms with Gasteiger partial charge in [-0.3, -0.25) is 4.79 Å². The van der Waals surface area contributed by atoms with E-state index in [0.29, 0.717) is 17.1 Å². The summed E-state index contributed by atoms with van der Waals surface area (Å²) in [6.07, 6.45) is 3.21. The largest absolute Gasteiger partial charge is 0.482 e. The summed E-state index contributed by atoms with van der Waals surface area (Å²) in [6.45, 7) is 9.84. The lowest BCUT2D eigenvalue weighted by Crippen LogP contribution is -2.14. The number of allylic oxidation sites excluding steroid dienone is 1. The number of hydrogen-bond acceptors (Lipinski definition) is 5. The van der Waals surface area contributed by atoms with Gasteiger partial charge in [0.05, 0.1) is 5.56 Å². The number of benzene rings is 2. The highest BCUT2D eigenvalue weighted by Crippen LogP contribution is 2.35. The summed E-state index contributed by atoms with van der Waals surface area (Å²) in [6, 6.07) is 12.9. The van der Waals surface area contributed by atoms with Gasteiger partial charge in [-0.1, -0.05) is 57.7 Å². The van der Waals surface area contributed by atoms with Gasteiger partial charge in [-0.25, -0.2) is 4.79 Å². The number of Topliss-reactive ketones (excluding diaryl/α,β-unsaturated/α-hetero) is 1. The molecular formula is C24H24O5. The van der Waals surface area contributed by atoms with Crippen molar-refractivity contribution in [2.45, 2.75) is 26.2 Å². The first-order chi connectivity index (χ1) is 13.8. The third-order valence-electron chi connectivity index (χ3n) is 4.43. The summed E-state index contributed by atoms with van der Waals surface area (Å²) in [5.41, 5.74) is 2.63. The van der Waals surface area contributed by atoms with E-state index < -0.39 is 5.97 Å². The van der Waals surface area contributed by atoms with E-state index in [9.17, 15) is 9.59 Å². The van der Waals surface area contributed by atoms with Gasteiger partial charge in [-0.15, -0.1) is 0 Å². The summed E-state index contributed by atoms with van der Waals surface area (Å²) in [5.74, 6) is 0.400. The van der Waals surface area contributed by atoms with Crippen LogP contribution in [-0.2, 0) is 14.9 Å². The lowest BCUT2D eigenvalue weighted by atomic mass is 9.86. The van der Waals surface area contributed by atoms with E-state index >= 15 is 0 Å². The van der Waals surface area contributed by atoms with Crippen LogP contribution in [0.4, 0.5) is 0 Å². The molecule has 0 saturated heterocycles. The summed E-state index contributed by atoms with van der Waals surface area (Å²) in [4.78, 5) is 24.1. The minimum absolute atomic E-state index is 0.0656. The van der Waals surface area contributed by atoms with E-state index in [-0.39, 0.29) is 30.2 Å². The third-order valence-corrected chi connectivity index (χ3v) is 4.43. The van der Waals surface area contributed by atoms with Crippen molar-refractivity contribution in [1.29, 1.82) is 0 Å². The topological polar surface area (TPSA) is 61.8 Å². The van der Waals surface area contributed by atoms with Gasteiger partial charge in [-0.05, 0) is 34.8 Å². The molecule has 1 heterocycles. The fraction of sp³-hybridized carbons (Fsp3) is 0.250. The van der Waals surface area contributed by atoms with Crippen LogP contribution in [0.5, 0.6) is 11.5 Å². The molecule has 0 radical (unpaired) electrons. The molecule has 0 aromatic heterocycles. The minimum Gasteiger partial charge on any atom is -0.482 e. The summed E-state index contributed by atoms with van der Waals surface area (Å²) in [7, 11) is 0. The number of carbonyl (C=O) groups is 2. The maximum absolute atomic E-state index is 12.6. The molecule has 0 fully saturated rings. The van der Waals surface area contributed by atoms with Crippen molar-refractivity contribution >= 4 is 17.8 Å². The summed E-state index contributed by atoms with van der Waals surface area (Å²) >= 11 is 0. The third kappa shape index (κ3) is 4.93. The molecule has 0 atom stereocenters. The molecule has 0 bridgehead atoms. The highest BCUT2D eigenvalue weighted by atomic mass is 16.6. The monoisotopic (exact) mass is 392 g/mol. The van der Waals surface area contributed by atoms with Crippen molar-refractivity contribution in [1.82, 2.24) is 0 Å². The first-order valence-corrected chi connectivity index (χ1v) is 9.36. The first kappa shape index (κ1) is 20.4. The fourth-order valence-corrected chi connectivity index (χ4v) is 2.82. The molecule has 0 saturated carbocycles. The average Bonchev–Trinajstić information content (AvgIpc) is 2.99. The van der Waals surface area contributed by atoms with Crippen LogP contribution in [0.3, 0.4) is 0 Å². The van der Waals surface area contributed by atoms with Crippen LogP contribution in [0.1, 0.15) is 42.3 Å². The smallest absolute Gasteiger partial charge is 0.344 e. The lowest BCUT2D eigenvalue weighted by Gasteiger charge is -2.18. The Kier molecular flexibility index (Phi) is 5.87. The number of carbonyl (C=O) groups excluding carboxylic acids is 2. The number of rotatable bonds is 6. The van der Waals surface area contributed by atoms with Gasteiger partial charge in [0.2, 0.25) is 5.78 Å². The number of esters is 1. The number of hydrogen-bond donors (Lipinski definition) is 0. The predicted molar refractivity (Wildman–Crippen MR) is 111 cm³/mol. The Morgan fingerprint density at radius 1 is 1.14 bits per heavy atom. The Morgan fingerprint density at radius 3 is 2.52 bits per heavy atom. The van der Waals surface area contributed by atoms with E-state index in [0.717, 1.165) is 5.56 Å². The molecule has 29 heavy (non-hydrogen) atoms. The van der Waals surface area contributed by atoms with E-state index in [1.165, 1.54) is 11.6 Å². The summed E-state index contributed by atoms with van der Waals surface area (Å²) in [5, 5.41) is 0. The molecule has 0 aliphatic carbocycles. The maximum Gasteiger partial charge on any atom is 0.344 e. The van der Waals surface area contributed by atoms with E-state index in [1.807, 2.05) is 12.1 Å². The van der Waals surface area contributed by atoms with Crippen LogP contribution in [0, 0.1) is 0 Å². The number of ketones is 1. The molecule has 0 unspecified atom stereocenters. The SMILES string of the molecule is C=CCOC(=O)COc1ccc2c(c1)O/C(=C\c1ccc(C(C)(C)C)cc1)C2=O. The van der Waals surface area contributed by atoms with Gasteiger partial charge in [0.15, 0.2) is 12.4 Å². The molecule has 2 aromatic rings. The Bertz CT molecular complexity index is 962. The fourth-order valence-electron chi connectivity index (χ4n) is 2.82. The van der Waals surface area contributed by atoms with Gasteiger partial charge in [0, 0.05) is 6.07 Å². The Morgan fingerprint density at radius 2 is 1.86 bits per heavy atom. The minimum atomic E-state index is -0.498. The second kappa shape index (κ2) is 8.35. The van der Waals surface area contributed by atoms with Crippen LogP contribution in [-0.4, -0.2) is 25.0 Å². The van der Waals surface area contributed by atoms with Crippen LogP contribution in [0.15, 0.2) is 60.9 Å². The van der Waals surface area contributed by atoms with Gasteiger partial charge >= 0.3 is 5.97 Å². The molecule has 0 amide bonds. The molecule has 150 valence electrons. The zero-order chi connectivity index (χ0) is 21.0. The van der Waals surface area contributed by atoms with Crippen molar-refractivity contribution in [3.8, 4) is 11.5 Å². The lowest BCUT2D eigenvalue weighted by molar-refractivity contribution is -0.144. The van der Waals surface area contributed by atoms with Crippen LogP contribution in [0.25, 0.3) is 6.08 Å². The molecule has 2 aromatic carbocycles. The van der Waals surface area contributed by atoms with E-state index in [2.05, 4.69) is 39.5 Å². The zero-order valence-electron chi connectivity index (χ0n) is 16.9. The van der Waals surface area contributed by atoms with E-state index in [4.69, 9.17) is 14.2 Å². The van der Waals surface area contributed by atoms with Gasteiger partial charge in [-0.2, -0.15) is 0 Å². The van der Waals surface area contributed by atoms with Crippen molar-refractivity contribution < 1.29 is 23.8 Å². The van der Waals surface area contributed by atoms with Crippen molar-refractivity contribution in [2.75, 3.05) is 13.2 Å². The Balaban J connectivity index is 1.71. The van der Waals surface area contributed by atoms with Gasteiger partial charge in [0.25, 0.3) is 0 Å². The second-order valence-corrected chi connectivity index (χ2v) is 7.73. The molecular weight excluding hydrogens is 368 g/mol. The molecule has 3 rings (SSSR count). The molecule has 0 spiro atoms. The van der Waals surface area contributed by atoms with Gasteiger partial charge < -0.3 is 14.2 Å². The molecule has 1 aliphatic rings. The number of ether oxygens (including phenoxy) is 3. The first-order valence-electron chi connectivity index (χ1n) is 9.36. The molecule has 5 heteroatoms. The maximum atomic E-state index is 12.6. The highest BCUT2D eigenvalue weighted by molar-refractivity contribution is 6.14. The summed E-state index contributed by atoms with van der Waals surface area (Å²) < 4.78 is 16.0. The van der Waals surface area contributed by atoms with E-state index in [1.54, 1.807) is 24.3 Å². The predicted octanol–water partition coefficient (Wildman–Crippen LogP) is 4.71. The van der Waals surface area contributed by atoms with Crippen molar-refractivity contribution in [3.63, 3.8) is 0 Å². The normalized spacial score (nSPS) is 14.3. The van der Waals surface area contributed by atoms with Crippen LogP contribution < -0.4 is 9.47 Å². The van der Waals surface area contributed by atoms with Crippen molar-refractivity contribution in [2.24, 2.45) is 0 Å². The average molecular weight is 392 g/mol. The highest BCUT2D eigenvalue weighted by Gasteiger charge is 2.28. The quantitative estimate of drug-likeness (QED) is 0.405. The van der Waals surface area contributed by atoms with Crippen molar-refractivity contribution in [3.05, 3.63) is 77.6 Å². The Labute approximate surface area is 170 Å². The molecule has 1 aliphatic heterocycles. The second-order valence-electron chi connectivity index (χ2n) is 7.73. The molecule has 5 nitrogen and oxygen atoms in total. The molecule has 0 N–H and O–H groups in total.